The molecule has 0 saturated carbocycles. The summed E-state index contributed by atoms with van der Waals surface area (Å²) in [5, 5.41) is 8.82. The van der Waals surface area contributed by atoms with E-state index in [2.05, 4.69) is 31.9 Å². The van der Waals surface area contributed by atoms with Crippen molar-refractivity contribution < 1.29 is 9.21 Å². The van der Waals surface area contributed by atoms with Crippen LogP contribution in [0.5, 0.6) is 0 Å². The summed E-state index contributed by atoms with van der Waals surface area (Å²) in [5.41, 5.74) is 0. The number of anilines is 1. The SMILES string of the molecule is O=C(NCC1CCCCN1)Nc1ccc(Br)o1. The zero-order valence-corrected chi connectivity index (χ0v) is 11.0. The smallest absolute Gasteiger partial charge is 0.321 e. The Morgan fingerprint density at radius 1 is 1.53 bits per heavy atom. The lowest BCUT2D eigenvalue weighted by atomic mass is 10.1. The predicted molar refractivity (Wildman–Crippen MR) is 69.1 cm³/mol. The fourth-order valence-corrected chi connectivity index (χ4v) is 2.16. The molecule has 3 N–H and O–H groups in total. The first-order valence-electron chi connectivity index (χ1n) is 5.77. The second-order valence-corrected chi connectivity index (χ2v) is 4.87. The topological polar surface area (TPSA) is 66.3 Å². The highest BCUT2D eigenvalue weighted by Gasteiger charge is 2.13. The predicted octanol–water partition coefficient (Wildman–Crippen LogP) is 2.31. The lowest BCUT2D eigenvalue weighted by Gasteiger charge is -2.23. The summed E-state index contributed by atoms with van der Waals surface area (Å²) >= 11 is 3.18. The maximum atomic E-state index is 11.5. The summed E-state index contributed by atoms with van der Waals surface area (Å²) in [6, 6.07) is 3.58. The third kappa shape index (κ3) is 4.05. The fraction of sp³-hybridized carbons (Fsp3) is 0.545. The minimum atomic E-state index is -0.237. The summed E-state index contributed by atoms with van der Waals surface area (Å²) in [6.45, 7) is 1.69. The van der Waals surface area contributed by atoms with E-state index in [4.69, 9.17) is 4.42 Å². The number of piperidine rings is 1. The van der Waals surface area contributed by atoms with E-state index in [1.165, 1.54) is 12.8 Å². The molecular formula is C11H16BrN3O2. The van der Waals surface area contributed by atoms with Crippen LogP contribution in [0.15, 0.2) is 21.2 Å². The van der Waals surface area contributed by atoms with E-state index in [-0.39, 0.29) is 6.03 Å². The number of rotatable bonds is 3. The third-order valence-corrected chi connectivity index (χ3v) is 3.16. The second-order valence-electron chi connectivity index (χ2n) is 4.09. The summed E-state index contributed by atoms with van der Waals surface area (Å²) in [5.74, 6) is 0.436. The Bertz CT molecular complexity index is 375. The number of urea groups is 1. The van der Waals surface area contributed by atoms with Gasteiger partial charge in [0.1, 0.15) is 0 Å². The van der Waals surface area contributed by atoms with Gasteiger partial charge in [-0.3, -0.25) is 5.32 Å². The van der Waals surface area contributed by atoms with Crippen molar-refractivity contribution in [1.29, 1.82) is 0 Å². The molecule has 5 nitrogen and oxygen atoms in total. The molecule has 1 aromatic rings. The number of carbonyl (C=O) groups is 1. The molecule has 0 bridgehead atoms. The molecule has 17 heavy (non-hydrogen) atoms. The highest BCUT2D eigenvalue weighted by atomic mass is 79.9. The largest absolute Gasteiger partial charge is 0.434 e. The van der Waals surface area contributed by atoms with Gasteiger partial charge in [-0.2, -0.15) is 0 Å². The molecule has 6 heteroatoms. The first-order valence-corrected chi connectivity index (χ1v) is 6.57. The highest BCUT2D eigenvalue weighted by molar-refractivity contribution is 9.10. The van der Waals surface area contributed by atoms with Crippen LogP contribution in [-0.2, 0) is 0 Å². The maximum Gasteiger partial charge on any atom is 0.321 e. The molecule has 1 aliphatic heterocycles. The molecule has 0 aliphatic carbocycles. The van der Waals surface area contributed by atoms with Crippen LogP contribution in [0, 0.1) is 0 Å². The quantitative estimate of drug-likeness (QED) is 0.802. The Kier molecular flexibility index (Phi) is 4.44. The van der Waals surface area contributed by atoms with Gasteiger partial charge in [-0.05, 0) is 41.4 Å². The van der Waals surface area contributed by atoms with Gasteiger partial charge in [0.2, 0.25) is 5.88 Å². The monoisotopic (exact) mass is 301 g/mol. The second kappa shape index (κ2) is 6.07. The van der Waals surface area contributed by atoms with E-state index in [1.54, 1.807) is 12.1 Å². The number of hydrogen-bond acceptors (Lipinski definition) is 3. The Labute approximate surface area is 108 Å². The van der Waals surface area contributed by atoms with Crippen molar-refractivity contribution >= 4 is 27.8 Å². The van der Waals surface area contributed by atoms with Crippen LogP contribution in [0.25, 0.3) is 0 Å². The zero-order chi connectivity index (χ0) is 12.1. The number of halogens is 1. The number of hydrogen-bond donors (Lipinski definition) is 3. The van der Waals surface area contributed by atoms with Crippen molar-refractivity contribution in [3.05, 3.63) is 16.8 Å². The van der Waals surface area contributed by atoms with E-state index >= 15 is 0 Å². The Morgan fingerprint density at radius 3 is 3.06 bits per heavy atom. The molecule has 1 atom stereocenters. The average Bonchev–Trinajstić information content (AvgIpc) is 2.73. The fourth-order valence-electron chi connectivity index (χ4n) is 1.85. The van der Waals surface area contributed by atoms with Crippen LogP contribution in [-0.4, -0.2) is 25.2 Å². The van der Waals surface area contributed by atoms with E-state index in [0.717, 1.165) is 13.0 Å². The van der Waals surface area contributed by atoms with Crippen LogP contribution in [0.4, 0.5) is 10.7 Å². The van der Waals surface area contributed by atoms with Crippen LogP contribution >= 0.6 is 15.9 Å². The molecular weight excluding hydrogens is 286 g/mol. The molecule has 2 rings (SSSR count). The first kappa shape index (κ1) is 12.4. The van der Waals surface area contributed by atoms with Crippen LogP contribution in [0.1, 0.15) is 19.3 Å². The van der Waals surface area contributed by atoms with Crippen molar-refractivity contribution in [3.63, 3.8) is 0 Å². The first-order chi connectivity index (χ1) is 8.24. The summed E-state index contributed by atoms with van der Waals surface area (Å²) in [4.78, 5) is 11.5. The van der Waals surface area contributed by atoms with E-state index in [0.29, 0.717) is 23.1 Å². The molecule has 1 fully saturated rings. The van der Waals surface area contributed by atoms with E-state index < -0.39 is 0 Å². The van der Waals surface area contributed by atoms with Gasteiger partial charge >= 0.3 is 6.03 Å². The standard InChI is InChI=1S/C11H16BrN3O2/c12-9-4-5-10(17-9)15-11(16)14-7-8-3-1-2-6-13-8/h4-5,8,13H,1-3,6-7H2,(H2,14,15,16). The molecule has 1 unspecified atom stereocenters. The molecule has 2 amide bonds. The van der Waals surface area contributed by atoms with Gasteiger partial charge in [0.25, 0.3) is 0 Å². The van der Waals surface area contributed by atoms with Crippen molar-refractivity contribution in [3.8, 4) is 0 Å². The zero-order valence-electron chi connectivity index (χ0n) is 9.46. The summed E-state index contributed by atoms with van der Waals surface area (Å²) < 4.78 is 5.77. The van der Waals surface area contributed by atoms with Crippen LogP contribution in [0.2, 0.25) is 0 Å². The minimum Gasteiger partial charge on any atom is -0.434 e. The van der Waals surface area contributed by atoms with Gasteiger partial charge in [0, 0.05) is 18.7 Å². The van der Waals surface area contributed by atoms with Gasteiger partial charge in [-0.25, -0.2) is 4.79 Å². The lowest BCUT2D eigenvalue weighted by molar-refractivity contribution is 0.249. The van der Waals surface area contributed by atoms with Gasteiger partial charge in [-0.1, -0.05) is 6.42 Å². The van der Waals surface area contributed by atoms with Crippen LogP contribution in [0.3, 0.4) is 0 Å². The normalized spacial score (nSPS) is 19.9. The molecule has 1 saturated heterocycles. The molecule has 94 valence electrons. The lowest BCUT2D eigenvalue weighted by Crippen LogP contribution is -2.44. The molecule has 0 aromatic carbocycles. The maximum absolute atomic E-state index is 11.5. The average molecular weight is 302 g/mol. The minimum absolute atomic E-state index is 0.237. The van der Waals surface area contributed by atoms with E-state index in [1.807, 2.05) is 0 Å². The number of carbonyl (C=O) groups excluding carboxylic acids is 1. The number of nitrogens with one attached hydrogen (secondary N) is 3. The third-order valence-electron chi connectivity index (χ3n) is 2.73. The molecule has 2 heterocycles. The van der Waals surface area contributed by atoms with Crippen LogP contribution < -0.4 is 16.0 Å². The number of amides is 2. The van der Waals surface area contributed by atoms with Gasteiger partial charge in [-0.15, -0.1) is 0 Å². The molecule has 0 spiro atoms. The van der Waals surface area contributed by atoms with Crippen molar-refractivity contribution in [1.82, 2.24) is 10.6 Å². The summed E-state index contributed by atoms with van der Waals surface area (Å²) in [7, 11) is 0. The van der Waals surface area contributed by atoms with Crippen molar-refractivity contribution in [2.75, 3.05) is 18.4 Å². The summed E-state index contributed by atoms with van der Waals surface area (Å²) in [6.07, 6.45) is 3.57. The Hall–Kier alpha value is -1.01. The molecule has 0 radical (unpaired) electrons. The Balaban J connectivity index is 1.70. The Morgan fingerprint density at radius 2 is 2.41 bits per heavy atom. The van der Waals surface area contributed by atoms with Gasteiger partial charge in [0.15, 0.2) is 4.67 Å². The van der Waals surface area contributed by atoms with E-state index in [9.17, 15) is 4.79 Å². The molecule has 1 aliphatic rings. The molecule has 1 aromatic heterocycles. The number of furan rings is 1. The van der Waals surface area contributed by atoms with Gasteiger partial charge in [0.05, 0.1) is 0 Å². The van der Waals surface area contributed by atoms with Crippen molar-refractivity contribution in [2.45, 2.75) is 25.3 Å². The van der Waals surface area contributed by atoms with Crippen molar-refractivity contribution in [2.24, 2.45) is 0 Å². The van der Waals surface area contributed by atoms with Gasteiger partial charge < -0.3 is 15.1 Å². The highest BCUT2D eigenvalue weighted by Crippen LogP contribution is 2.17.